The Kier molecular flexibility index (Phi) is 6.52. The van der Waals surface area contributed by atoms with Crippen LogP contribution in [0.3, 0.4) is 0 Å². The van der Waals surface area contributed by atoms with Gasteiger partial charge in [0.15, 0.2) is 6.10 Å². The van der Waals surface area contributed by atoms with Crippen LogP contribution in [0.1, 0.15) is 30.4 Å². The van der Waals surface area contributed by atoms with Gasteiger partial charge in [0.25, 0.3) is 5.91 Å². The summed E-state index contributed by atoms with van der Waals surface area (Å²) in [7, 11) is -3.59. The molecule has 0 radical (unpaired) electrons. The first-order valence-corrected chi connectivity index (χ1v) is 10.2. The third-order valence-electron chi connectivity index (χ3n) is 3.20. The van der Waals surface area contributed by atoms with Gasteiger partial charge in [-0.05, 0) is 56.5 Å². The molecule has 1 heterocycles. The van der Waals surface area contributed by atoms with Crippen molar-refractivity contribution in [2.24, 2.45) is 0 Å². The van der Waals surface area contributed by atoms with Crippen molar-refractivity contribution in [3.63, 3.8) is 0 Å². The number of nitrogens with one attached hydrogen (secondary N) is 2. The maximum atomic E-state index is 12.1. The van der Waals surface area contributed by atoms with Gasteiger partial charge in [0, 0.05) is 11.7 Å². The molecule has 1 amide bonds. The first kappa shape index (κ1) is 20.1. The number of thiophene rings is 1. The Morgan fingerprint density at radius 3 is 2.27 bits per heavy atom. The van der Waals surface area contributed by atoms with E-state index < -0.39 is 28.0 Å². The molecule has 0 saturated carbocycles. The SMILES string of the molecule is CC(C)NS(=O)(=O)c1ccc(NC(=O)[C@H](C)OC(=O)c2cccs2)cc1. The number of rotatable bonds is 7. The van der Waals surface area contributed by atoms with Crippen LogP contribution in [0.4, 0.5) is 5.69 Å². The largest absolute Gasteiger partial charge is 0.448 e. The lowest BCUT2D eigenvalue weighted by Gasteiger charge is -2.14. The van der Waals surface area contributed by atoms with Crippen LogP contribution < -0.4 is 10.0 Å². The molecule has 2 rings (SSSR count). The number of hydrogen-bond donors (Lipinski definition) is 2. The van der Waals surface area contributed by atoms with E-state index in [0.717, 1.165) is 0 Å². The Labute approximate surface area is 156 Å². The van der Waals surface area contributed by atoms with Gasteiger partial charge < -0.3 is 10.1 Å². The predicted molar refractivity (Wildman–Crippen MR) is 99.7 cm³/mol. The van der Waals surface area contributed by atoms with Crippen LogP contribution in [-0.4, -0.2) is 32.4 Å². The number of carbonyl (C=O) groups excluding carboxylic acids is 2. The van der Waals surface area contributed by atoms with E-state index in [1.165, 1.54) is 42.5 Å². The molecule has 0 unspecified atom stereocenters. The molecule has 0 saturated heterocycles. The minimum Gasteiger partial charge on any atom is -0.448 e. The zero-order valence-electron chi connectivity index (χ0n) is 14.6. The molecule has 26 heavy (non-hydrogen) atoms. The zero-order chi connectivity index (χ0) is 19.3. The molecule has 2 aromatic rings. The highest BCUT2D eigenvalue weighted by molar-refractivity contribution is 7.89. The van der Waals surface area contributed by atoms with Crippen LogP contribution >= 0.6 is 11.3 Å². The highest BCUT2D eigenvalue weighted by atomic mass is 32.2. The number of carbonyl (C=O) groups is 2. The molecule has 140 valence electrons. The van der Waals surface area contributed by atoms with Gasteiger partial charge in [0.05, 0.1) is 4.90 Å². The van der Waals surface area contributed by atoms with Crippen molar-refractivity contribution < 1.29 is 22.7 Å². The summed E-state index contributed by atoms with van der Waals surface area (Å²) in [5.74, 6) is -1.07. The van der Waals surface area contributed by atoms with Gasteiger partial charge in [-0.2, -0.15) is 0 Å². The first-order valence-electron chi connectivity index (χ1n) is 7.87. The van der Waals surface area contributed by atoms with Crippen molar-refractivity contribution >= 4 is 38.9 Å². The molecule has 0 fully saturated rings. The van der Waals surface area contributed by atoms with E-state index in [0.29, 0.717) is 10.6 Å². The van der Waals surface area contributed by atoms with E-state index in [4.69, 9.17) is 4.74 Å². The monoisotopic (exact) mass is 396 g/mol. The molecular weight excluding hydrogens is 376 g/mol. The first-order chi connectivity index (χ1) is 12.2. The average molecular weight is 396 g/mol. The second-order valence-corrected chi connectivity index (χ2v) is 8.48. The summed E-state index contributed by atoms with van der Waals surface area (Å²) in [5, 5.41) is 4.32. The number of hydrogen-bond acceptors (Lipinski definition) is 6. The van der Waals surface area contributed by atoms with E-state index in [1.807, 2.05) is 0 Å². The van der Waals surface area contributed by atoms with E-state index in [2.05, 4.69) is 10.0 Å². The van der Waals surface area contributed by atoms with E-state index in [1.54, 1.807) is 31.4 Å². The second-order valence-electron chi connectivity index (χ2n) is 5.81. The lowest BCUT2D eigenvalue weighted by Crippen LogP contribution is -2.30. The van der Waals surface area contributed by atoms with Gasteiger partial charge in [-0.15, -0.1) is 11.3 Å². The lowest BCUT2D eigenvalue weighted by molar-refractivity contribution is -0.123. The minimum atomic E-state index is -3.59. The van der Waals surface area contributed by atoms with Crippen LogP contribution in [0.15, 0.2) is 46.7 Å². The summed E-state index contributed by atoms with van der Waals surface area (Å²) >= 11 is 1.23. The van der Waals surface area contributed by atoms with Gasteiger partial charge in [-0.25, -0.2) is 17.9 Å². The maximum Gasteiger partial charge on any atom is 0.349 e. The fourth-order valence-electron chi connectivity index (χ4n) is 2.01. The van der Waals surface area contributed by atoms with Gasteiger partial charge in [-0.3, -0.25) is 4.79 Å². The van der Waals surface area contributed by atoms with Crippen molar-refractivity contribution in [3.8, 4) is 0 Å². The molecule has 7 nitrogen and oxygen atoms in total. The fourth-order valence-corrected chi connectivity index (χ4v) is 3.86. The molecule has 1 aromatic heterocycles. The summed E-state index contributed by atoms with van der Waals surface area (Å²) in [6.45, 7) is 4.92. The van der Waals surface area contributed by atoms with Crippen molar-refractivity contribution in [1.82, 2.24) is 4.72 Å². The molecular formula is C17H20N2O5S2. The number of esters is 1. The molecule has 1 aromatic carbocycles. The molecule has 0 aliphatic carbocycles. The predicted octanol–water partition coefficient (Wildman–Crippen LogP) is 2.62. The van der Waals surface area contributed by atoms with Gasteiger partial charge in [0.1, 0.15) is 4.88 Å². The maximum absolute atomic E-state index is 12.1. The summed E-state index contributed by atoms with van der Waals surface area (Å²) in [4.78, 5) is 24.5. The summed E-state index contributed by atoms with van der Waals surface area (Å²) in [6.07, 6.45) is -0.990. The third kappa shape index (κ3) is 5.38. The number of ether oxygens (including phenoxy) is 1. The average Bonchev–Trinajstić information content (AvgIpc) is 3.08. The molecule has 0 aliphatic heterocycles. The van der Waals surface area contributed by atoms with Crippen LogP contribution in [0, 0.1) is 0 Å². The Hall–Kier alpha value is -2.23. The molecule has 9 heteroatoms. The molecule has 2 N–H and O–H groups in total. The van der Waals surface area contributed by atoms with Crippen molar-refractivity contribution in [3.05, 3.63) is 46.7 Å². The molecule has 0 bridgehead atoms. The van der Waals surface area contributed by atoms with Crippen LogP contribution in [0.2, 0.25) is 0 Å². The summed E-state index contributed by atoms with van der Waals surface area (Å²) < 4.78 is 31.7. The highest BCUT2D eigenvalue weighted by Crippen LogP contribution is 2.16. The van der Waals surface area contributed by atoms with E-state index in [9.17, 15) is 18.0 Å². The highest BCUT2D eigenvalue weighted by Gasteiger charge is 2.20. The van der Waals surface area contributed by atoms with Gasteiger partial charge in [0.2, 0.25) is 10.0 Å². The lowest BCUT2D eigenvalue weighted by atomic mass is 10.3. The Morgan fingerprint density at radius 1 is 1.08 bits per heavy atom. The Balaban J connectivity index is 1.97. The van der Waals surface area contributed by atoms with E-state index in [-0.39, 0.29) is 10.9 Å². The van der Waals surface area contributed by atoms with Crippen LogP contribution in [0.25, 0.3) is 0 Å². The second kappa shape index (κ2) is 8.43. The topological polar surface area (TPSA) is 102 Å². The summed E-state index contributed by atoms with van der Waals surface area (Å²) in [5.41, 5.74) is 0.400. The smallest absolute Gasteiger partial charge is 0.349 e. The van der Waals surface area contributed by atoms with Crippen molar-refractivity contribution in [2.45, 2.75) is 37.8 Å². The summed E-state index contributed by atoms with van der Waals surface area (Å²) in [6, 6.07) is 8.84. The van der Waals surface area contributed by atoms with Crippen LogP contribution in [0.5, 0.6) is 0 Å². The van der Waals surface area contributed by atoms with Crippen molar-refractivity contribution in [1.29, 1.82) is 0 Å². The van der Waals surface area contributed by atoms with Crippen LogP contribution in [-0.2, 0) is 19.6 Å². The fraction of sp³-hybridized carbons (Fsp3) is 0.294. The van der Waals surface area contributed by atoms with Gasteiger partial charge in [-0.1, -0.05) is 6.07 Å². The van der Waals surface area contributed by atoms with Gasteiger partial charge >= 0.3 is 5.97 Å². The molecule has 0 aliphatic rings. The normalized spacial score (nSPS) is 12.6. The zero-order valence-corrected chi connectivity index (χ0v) is 16.2. The number of benzene rings is 1. The van der Waals surface area contributed by atoms with E-state index >= 15 is 0 Å². The number of amides is 1. The molecule has 1 atom stereocenters. The Morgan fingerprint density at radius 2 is 1.73 bits per heavy atom. The van der Waals surface area contributed by atoms with Crippen molar-refractivity contribution in [2.75, 3.05) is 5.32 Å². The standard InChI is InChI=1S/C17H20N2O5S2/c1-11(2)19-26(22,23)14-8-6-13(7-9-14)18-16(20)12(3)24-17(21)15-5-4-10-25-15/h4-12,19H,1-3H3,(H,18,20)/t12-/m0/s1. The number of sulfonamides is 1. The third-order valence-corrected chi connectivity index (χ3v) is 5.72. The number of anilines is 1. The quantitative estimate of drug-likeness (QED) is 0.701. The minimum absolute atomic E-state index is 0.0985. The Bertz CT molecular complexity index is 859. The molecule has 0 spiro atoms.